The number of hydrogen-bond acceptors (Lipinski definition) is 7. The summed E-state index contributed by atoms with van der Waals surface area (Å²) < 4.78 is 7.73. The van der Waals surface area contributed by atoms with Gasteiger partial charge in [-0.15, -0.1) is 0 Å². The summed E-state index contributed by atoms with van der Waals surface area (Å²) >= 11 is 0. The van der Waals surface area contributed by atoms with Crippen molar-refractivity contribution in [1.29, 1.82) is 0 Å². The maximum atomic E-state index is 12.6. The van der Waals surface area contributed by atoms with Crippen LogP contribution < -0.4 is 20.9 Å². The number of nitrogens with zero attached hydrogens (tertiary/aromatic N) is 5. The summed E-state index contributed by atoms with van der Waals surface area (Å²) in [6.45, 7) is 7.58. The Morgan fingerprint density at radius 2 is 1.69 bits per heavy atom. The number of morpholine rings is 1. The Balaban J connectivity index is 1.19. The Labute approximate surface area is 245 Å². The second-order valence-electron chi connectivity index (χ2n) is 10.4. The zero-order valence-corrected chi connectivity index (χ0v) is 24.4. The summed E-state index contributed by atoms with van der Waals surface area (Å²) in [5.41, 5.74) is 4.95. The second kappa shape index (κ2) is 13.5. The fourth-order valence-electron chi connectivity index (χ4n) is 4.80. The van der Waals surface area contributed by atoms with E-state index in [4.69, 9.17) is 14.7 Å². The van der Waals surface area contributed by atoms with Crippen molar-refractivity contribution in [1.82, 2.24) is 30.1 Å². The fraction of sp³-hybridized carbons (Fsp3) is 0.355. The van der Waals surface area contributed by atoms with Gasteiger partial charge < -0.3 is 35.1 Å². The highest BCUT2D eigenvalue weighted by Gasteiger charge is 2.20. The van der Waals surface area contributed by atoms with Gasteiger partial charge in [-0.05, 0) is 69.0 Å². The molecule has 11 nitrogen and oxygen atoms in total. The van der Waals surface area contributed by atoms with Gasteiger partial charge in [-0.1, -0.05) is 12.1 Å². The third-order valence-corrected chi connectivity index (χ3v) is 7.16. The average Bonchev–Trinajstić information content (AvgIpc) is 3.44. The lowest BCUT2D eigenvalue weighted by atomic mass is 10.1. The number of aryl methyl sites for hydroxylation is 1. The maximum Gasteiger partial charge on any atom is 0.319 e. The highest BCUT2D eigenvalue weighted by Crippen LogP contribution is 2.29. The molecule has 3 heterocycles. The van der Waals surface area contributed by atoms with Gasteiger partial charge in [0.05, 0.1) is 18.7 Å². The quantitative estimate of drug-likeness (QED) is 0.267. The van der Waals surface area contributed by atoms with Crippen LogP contribution in [0.4, 0.5) is 16.3 Å². The maximum absolute atomic E-state index is 12.6. The van der Waals surface area contributed by atoms with Gasteiger partial charge in [0.1, 0.15) is 5.52 Å². The zero-order chi connectivity index (χ0) is 29.5. The normalized spacial score (nSPS) is 13.4. The predicted octanol–water partition coefficient (Wildman–Crippen LogP) is 3.57. The molecule has 0 radical (unpaired) electrons. The number of aromatic nitrogens is 3. The van der Waals surface area contributed by atoms with Crippen LogP contribution in [0.5, 0.6) is 0 Å². The summed E-state index contributed by atoms with van der Waals surface area (Å²) in [5.74, 6) is 1.45. The lowest BCUT2D eigenvalue weighted by Crippen LogP contribution is -2.37. The molecule has 1 saturated heterocycles. The van der Waals surface area contributed by atoms with E-state index in [9.17, 15) is 9.59 Å². The predicted molar refractivity (Wildman–Crippen MR) is 165 cm³/mol. The summed E-state index contributed by atoms with van der Waals surface area (Å²) in [4.78, 5) is 38.9. The summed E-state index contributed by atoms with van der Waals surface area (Å²) in [7, 11) is 3.92. The topological polar surface area (TPSA) is 117 Å². The molecule has 0 unspecified atom stereocenters. The van der Waals surface area contributed by atoms with Crippen LogP contribution in [0.25, 0.3) is 22.4 Å². The largest absolute Gasteiger partial charge is 0.378 e. The highest BCUT2D eigenvalue weighted by molar-refractivity contribution is 5.94. The van der Waals surface area contributed by atoms with Crippen LogP contribution >= 0.6 is 0 Å². The van der Waals surface area contributed by atoms with E-state index in [0.717, 1.165) is 54.2 Å². The van der Waals surface area contributed by atoms with E-state index in [1.54, 1.807) is 12.1 Å². The molecule has 1 aliphatic rings. The lowest BCUT2D eigenvalue weighted by molar-refractivity contribution is 0.0951. The molecule has 1 fully saturated rings. The van der Waals surface area contributed by atoms with Crippen molar-refractivity contribution < 1.29 is 14.3 Å². The van der Waals surface area contributed by atoms with E-state index in [0.29, 0.717) is 43.4 Å². The standard InChI is InChI=1S/C31H38N8O3/c1-4-38-15-13-26-27(38)29(39-17-19-42-20-18-39)36-28(35-26)23-9-11-25(12-10-23)34-31(41)33-21-22-5-7-24(8-6-22)30(40)32-14-16-37(2)3/h5-13,15H,4,14,16-21H2,1-3H3,(H,32,40)(H2,33,34,41). The number of benzene rings is 2. The molecule has 3 N–H and O–H groups in total. The van der Waals surface area contributed by atoms with Crippen LogP contribution in [0.3, 0.4) is 0 Å². The Morgan fingerprint density at radius 1 is 0.952 bits per heavy atom. The van der Waals surface area contributed by atoms with Gasteiger partial charge in [0.2, 0.25) is 0 Å². The number of rotatable bonds is 10. The minimum Gasteiger partial charge on any atom is -0.378 e. The van der Waals surface area contributed by atoms with E-state index >= 15 is 0 Å². The fourth-order valence-corrected chi connectivity index (χ4v) is 4.80. The Hall–Kier alpha value is -4.48. The first-order valence-corrected chi connectivity index (χ1v) is 14.3. The molecule has 4 aromatic rings. The van der Waals surface area contributed by atoms with E-state index in [-0.39, 0.29) is 11.9 Å². The molecule has 0 aliphatic carbocycles. The van der Waals surface area contributed by atoms with Crippen molar-refractivity contribution in [2.75, 3.05) is 63.7 Å². The molecular formula is C31H38N8O3. The summed E-state index contributed by atoms with van der Waals surface area (Å²) in [6, 6.07) is 16.4. The molecule has 11 heteroatoms. The third kappa shape index (κ3) is 7.04. The second-order valence-corrected chi connectivity index (χ2v) is 10.4. The highest BCUT2D eigenvalue weighted by atomic mass is 16.5. The average molecular weight is 571 g/mol. The van der Waals surface area contributed by atoms with Gasteiger partial charge in [-0.3, -0.25) is 4.79 Å². The minimum absolute atomic E-state index is 0.112. The summed E-state index contributed by atoms with van der Waals surface area (Å²) in [5, 5.41) is 8.63. The monoisotopic (exact) mass is 570 g/mol. The van der Waals surface area contributed by atoms with Crippen molar-refractivity contribution in [3.63, 3.8) is 0 Å². The van der Waals surface area contributed by atoms with Crippen molar-refractivity contribution >= 4 is 34.5 Å². The SMILES string of the molecule is CCn1ccc2nc(-c3ccc(NC(=O)NCc4ccc(C(=O)NCCN(C)C)cc4)cc3)nc(N3CCOCC3)c21. The van der Waals surface area contributed by atoms with E-state index < -0.39 is 0 Å². The Kier molecular flexibility index (Phi) is 9.30. The molecule has 0 spiro atoms. The van der Waals surface area contributed by atoms with Crippen molar-refractivity contribution in [2.24, 2.45) is 0 Å². The number of carbonyl (C=O) groups is 2. The molecule has 0 atom stereocenters. The van der Waals surface area contributed by atoms with Gasteiger partial charge in [0.15, 0.2) is 11.6 Å². The molecule has 2 aromatic carbocycles. The lowest BCUT2D eigenvalue weighted by Gasteiger charge is -2.29. The number of anilines is 2. The van der Waals surface area contributed by atoms with Gasteiger partial charge in [-0.2, -0.15) is 0 Å². The number of amides is 3. The van der Waals surface area contributed by atoms with Crippen LogP contribution in [0.2, 0.25) is 0 Å². The number of fused-ring (bicyclic) bond motifs is 1. The van der Waals surface area contributed by atoms with Crippen molar-refractivity contribution in [3.05, 3.63) is 71.9 Å². The van der Waals surface area contributed by atoms with E-state index in [1.165, 1.54) is 0 Å². The molecule has 5 rings (SSSR count). The first kappa shape index (κ1) is 29.0. The molecular weight excluding hydrogens is 532 g/mol. The van der Waals surface area contributed by atoms with Crippen LogP contribution in [0.1, 0.15) is 22.8 Å². The number of urea groups is 1. The van der Waals surface area contributed by atoms with Gasteiger partial charge in [-0.25, -0.2) is 14.8 Å². The van der Waals surface area contributed by atoms with Gasteiger partial charge in [0, 0.05) is 62.3 Å². The number of hydrogen-bond donors (Lipinski definition) is 3. The molecule has 3 amide bonds. The molecule has 0 bridgehead atoms. The first-order valence-electron chi connectivity index (χ1n) is 14.3. The molecule has 0 saturated carbocycles. The molecule has 42 heavy (non-hydrogen) atoms. The van der Waals surface area contributed by atoms with Gasteiger partial charge >= 0.3 is 6.03 Å². The van der Waals surface area contributed by atoms with Crippen molar-refractivity contribution in [2.45, 2.75) is 20.0 Å². The van der Waals surface area contributed by atoms with E-state index in [1.807, 2.05) is 61.5 Å². The number of nitrogens with one attached hydrogen (secondary N) is 3. The smallest absolute Gasteiger partial charge is 0.319 e. The number of ether oxygens (including phenoxy) is 1. The van der Waals surface area contributed by atoms with Crippen LogP contribution in [0.15, 0.2) is 60.8 Å². The van der Waals surface area contributed by atoms with Crippen molar-refractivity contribution in [3.8, 4) is 11.4 Å². The zero-order valence-electron chi connectivity index (χ0n) is 24.4. The Bertz CT molecular complexity index is 1510. The van der Waals surface area contributed by atoms with E-state index in [2.05, 4.69) is 38.5 Å². The minimum atomic E-state index is -0.318. The number of carbonyl (C=O) groups excluding carboxylic acids is 2. The molecule has 2 aromatic heterocycles. The van der Waals surface area contributed by atoms with Crippen LogP contribution in [-0.4, -0.2) is 84.9 Å². The number of likely N-dealkylation sites (N-methyl/N-ethyl adjacent to an activating group) is 1. The third-order valence-electron chi connectivity index (χ3n) is 7.16. The van der Waals surface area contributed by atoms with Gasteiger partial charge in [0.25, 0.3) is 5.91 Å². The van der Waals surface area contributed by atoms with Crippen LogP contribution in [0, 0.1) is 0 Å². The Morgan fingerprint density at radius 3 is 2.38 bits per heavy atom. The van der Waals surface area contributed by atoms with Crippen LogP contribution in [-0.2, 0) is 17.8 Å². The first-order chi connectivity index (χ1) is 20.4. The summed E-state index contributed by atoms with van der Waals surface area (Å²) in [6.07, 6.45) is 2.05. The molecule has 1 aliphatic heterocycles. The molecule has 220 valence electrons.